The Hall–Kier alpha value is -2.89. The van der Waals surface area contributed by atoms with Gasteiger partial charge < -0.3 is 14.9 Å². The number of nitrogens with one attached hydrogen (secondary N) is 2. The first-order valence-electron chi connectivity index (χ1n) is 9.07. The molecule has 1 aliphatic carbocycles. The number of aryl methyl sites for hydroxylation is 2. The monoisotopic (exact) mass is 350 g/mol. The summed E-state index contributed by atoms with van der Waals surface area (Å²) in [5.74, 6) is 0.762. The van der Waals surface area contributed by atoms with E-state index in [-0.39, 0.29) is 11.7 Å². The number of carbonyl (C=O) groups is 2. The Kier molecular flexibility index (Phi) is 4.11. The number of rotatable bonds is 4. The van der Waals surface area contributed by atoms with Crippen LogP contribution in [0.3, 0.4) is 0 Å². The van der Waals surface area contributed by atoms with Crippen molar-refractivity contribution in [3.8, 4) is 0 Å². The third kappa shape index (κ3) is 2.62. The third-order valence-electron chi connectivity index (χ3n) is 5.12. The van der Waals surface area contributed by atoms with Gasteiger partial charge in [-0.25, -0.2) is 4.98 Å². The fourth-order valence-electron chi connectivity index (χ4n) is 3.86. The standard InChI is InChI=1S/C20H22N4O2/c1-3-24-15-9-5-4-7-13(15)22-17(24)11-21-20(26)19-12(2)18-14(23-19)8-6-10-16(18)25/h4-5,7,9,23H,3,6,8,10-11H2,1-2H3,(H,21,26). The predicted molar refractivity (Wildman–Crippen MR) is 99.4 cm³/mol. The van der Waals surface area contributed by atoms with Crippen LogP contribution in [0.5, 0.6) is 0 Å². The number of nitrogens with zero attached hydrogens (tertiary/aromatic N) is 2. The van der Waals surface area contributed by atoms with E-state index in [1.165, 1.54) is 0 Å². The maximum Gasteiger partial charge on any atom is 0.268 e. The summed E-state index contributed by atoms with van der Waals surface area (Å²) in [6, 6.07) is 7.96. The van der Waals surface area contributed by atoms with Crippen LogP contribution in [0.25, 0.3) is 11.0 Å². The van der Waals surface area contributed by atoms with E-state index in [0.29, 0.717) is 24.2 Å². The summed E-state index contributed by atoms with van der Waals surface area (Å²) in [5, 5.41) is 2.95. The van der Waals surface area contributed by atoms with E-state index in [9.17, 15) is 9.59 Å². The molecule has 0 atom stereocenters. The van der Waals surface area contributed by atoms with E-state index in [1.807, 2.05) is 31.2 Å². The molecule has 26 heavy (non-hydrogen) atoms. The van der Waals surface area contributed by atoms with Crippen molar-refractivity contribution < 1.29 is 9.59 Å². The zero-order chi connectivity index (χ0) is 18.3. The summed E-state index contributed by atoms with van der Waals surface area (Å²) in [6.45, 7) is 5.04. The number of benzene rings is 1. The average Bonchev–Trinajstić information content (AvgIpc) is 3.18. The van der Waals surface area contributed by atoms with Gasteiger partial charge in [-0.15, -0.1) is 0 Å². The maximum atomic E-state index is 12.7. The fraction of sp³-hybridized carbons (Fsp3) is 0.350. The highest BCUT2D eigenvalue weighted by Crippen LogP contribution is 2.26. The maximum absolute atomic E-state index is 12.7. The molecule has 0 saturated heterocycles. The Morgan fingerprint density at radius 3 is 2.88 bits per heavy atom. The van der Waals surface area contributed by atoms with Gasteiger partial charge in [0.2, 0.25) is 0 Å². The van der Waals surface area contributed by atoms with Crippen LogP contribution in [0, 0.1) is 6.92 Å². The van der Waals surface area contributed by atoms with E-state index in [4.69, 9.17) is 0 Å². The average molecular weight is 350 g/mol. The zero-order valence-electron chi connectivity index (χ0n) is 15.1. The second-order valence-corrected chi connectivity index (χ2v) is 6.70. The lowest BCUT2D eigenvalue weighted by Gasteiger charge is -2.09. The first kappa shape index (κ1) is 16.6. The molecule has 1 aromatic carbocycles. The van der Waals surface area contributed by atoms with Gasteiger partial charge in [0.25, 0.3) is 5.91 Å². The molecule has 0 fully saturated rings. The smallest absolute Gasteiger partial charge is 0.268 e. The van der Waals surface area contributed by atoms with Gasteiger partial charge >= 0.3 is 0 Å². The number of hydrogen-bond donors (Lipinski definition) is 2. The molecular formula is C20H22N4O2. The summed E-state index contributed by atoms with van der Waals surface area (Å²) in [4.78, 5) is 32.6. The van der Waals surface area contributed by atoms with Crippen LogP contribution in [-0.2, 0) is 19.5 Å². The number of Topliss-reactive ketones (excluding diaryl/α,β-unsaturated/α-hetero) is 1. The van der Waals surface area contributed by atoms with E-state index >= 15 is 0 Å². The second kappa shape index (κ2) is 6.44. The molecule has 0 radical (unpaired) electrons. The molecule has 2 N–H and O–H groups in total. The van der Waals surface area contributed by atoms with Crippen molar-refractivity contribution in [2.45, 2.75) is 46.2 Å². The van der Waals surface area contributed by atoms with Crippen LogP contribution in [-0.4, -0.2) is 26.2 Å². The topological polar surface area (TPSA) is 79.8 Å². The molecule has 2 aromatic heterocycles. The van der Waals surface area contributed by atoms with E-state index in [0.717, 1.165) is 47.5 Å². The van der Waals surface area contributed by atoms with Crippen LogP contribution >= 0.6 is 0 Å². The SMILES string of the molecule is CCn1c(CNC(=O)c2[nH]c3c(c2C)C(=O)CCC3)nc2ccccc21. The number of amides is 1. The van der Waals surface area contributed by atoms with Crippen LogP contribution in [0.1, 0.15) is 57.7 Å². The molecule has 0 aliphatic heterocycles. The highest BCUT2D eigenvalue weighted by molar-refractivity contribution is 6.04. The number of para-hydroxylation sites is 2. The van der Waals surface area contributed by atoms with E-state index in [1.54, 1.807) is 0 Å². The molecule has 2 heterocycles. The van der Waals surface area contributed by atoms with Gasteiger partial charge in [0.15, 0.2) is 5.78 Å². The number of carbonyl (C=O) groups excluding carboxylic acids is 2. The molecule has 0 spiro atoms. The largest absolute Gasteiger partial charge is 0.354 e. The molecule has 0 saturated carbocycles. The fourth-order valence-corrected chi connectivity index (χ4v) is 3.86. The van der Waals surface area contributed by atoms with Gasteiger partial charge in [0, 0.05) is 24.2 Å². The molecule has 1 amide bonds. The molecule has 3 aromatic rings. The summed E-state index contributed by atoms with van der Waals surface area (Å²) in [5.41, 5.74) is 4.84. The lowest BCUT2D eigenvalue weighted by atomic mass is 9.94. The lowest BCUT2D eigenvalue weighted by molar-refractivity contribution is 0.0943. The predicted octanol–water partition coefficient (Wildman–Crippen LogP) is 3.14. The first-order valence-corrected chi connectivity index (χ1v) is 9.07. The molecule has 134 valence electrons. The summed E-state index contributed by atoms with van der Waals surface area (Å²) >= 11 is 0. The van der Waals surface area contributed by atoms with Crippen molar-refractivity contribution in [3.63, 3.8) is 0 Å². The molecular weight excluding hydrogens is 328 g/mol. The van der Waals surface area contributed by atoms with Gasteiger partial charge in [0.1, 0.15) is 11.5 Å². The minimum atomic E-state index is -0.195. The van der Waals surface area contributed by atoms with Gasteiger partial charge in [-0.1, -0.05) is 12.1 Å². The Morgan fingerprint density at radius 2 is 2.12 bits per heavy atom. The summed E-state index contributed by atoms with van der Waals surface area (Å²) < 4.78 is 2.10. The molecule has 6 heteroatoms. The van der Waals surface area contributed by atoms with Crippen LogP contribution in [0.2, 0.25) is 0 Å². The van der Waals surface area contributed by atoms with Crippen LogP contribution in [0.15, 0.2) is 24.3 Å². The number of ketones is 1. The number of hydrogen-bond acceptors (Lipinski definition) is 3. The Labute approximate surface area is 151 Å². The van der Waals surface area contributed by atoms with Crippen molar-refractivity contribution in [1.82, 2.24) is 19.9 Å². The first-order chi connectivity index (χ1) is 12.6. The van der Waals surface area contributed by atoms with Gasteiger partial charge in [-0.3, -0.25) is 9.59 Å². The Morgan fingerprint density at radius 1 is 1.31 bits per heavy atom. The van der Waals surface area contributed by atoms with Gasteiger partial charge in [-0.2, -0.15) is 0 Å². The van der Waals surface area contributed by atoms with E-state index in [2.05, 4.69) is 26.8 Å². The summed E-state index contributed by atoms with van der Waals surface area (Å²) in [7, 11) is 0. The minimum Gasteiger partial charge on any atom is -0.354 e. The number of H-pyrrole nitrogens is 1. The lowest BCUT2D eigenvalue weighted by Crippen LogP contribution is -2.25. The number of fused-ring (bicyclic) bond motifs is 2. The van der Waals surface area contributed by atoms with Crippen molar-refractivity contribution >= 4 is 22.7 Å². The zero-order valence-corrected chi connectivity index (χ0v) is 15.1. The van der Waals surface area contributed by atoms with Crippen LogP contribution < -0.4 is 5.32 Å². The van der Waals surface area contributed by atoms with Crippen molar-refractivity contribution in [1.29, 1.82) is 0 Å². The highest BCUT2D eigenvalue weighted by Gasteiger charge is 2.26. The Balaban J connectivity index is 1.58. The second-order valence-electron chi connectivity index (χ2n) is 6.70. The molecule has 0 unspecified atom stereocenters. The quantitative estimate of drug-likeness (QED) is 0.758. The number of aromatic nitrogens is 3. The molecule has 0 bridgehead atoms. The number of imidazole rings is 1. The van der Waals surface area contributed by atoms with Crippen molar-refractivity contribution in [3.05, 3.63) is 52.6 Å². The molecule has 1 aliphatic rings. The molecule has 4 rings (SSSR count). The van der Waals surface area contributed by atoms with Gasteiger partial charge in [0.05, 0.1) is 17.6 Å². The highest BCUT2D eigenvalue weighted by atomic mass is 16.2. The normalized spacial score (nSPS) is 13.8. The minimum absolute atomic E-state index is 0.131. The third-order valence-corrected chi connectivity index (χ3v) is 5.12. The Bertz CT molecular complexity index is 1010. The van der Waals surface area contributed by atoms with Crippen molar-refractivity contribution in [2.24, 2.45) is 0 Å². The summed E-state index contributed by atoms with van der Waals surface area (Å²) in [6.07, 6.45) is 2.22. The van der Waals surface area contributed by atoms with Crippen LogP contribution in [0.4, 0.5) is 0 Å². The molecule has 6 nitrogen and oxygen atoms in total. The van der Waals surface area contributed by atoms with Crippen molar-refractivity contribution in [2.75, 3.05) is 0 Å². The van der Waals surface area contributed by atoms with E-state index < -0.39 is 0 Å². The van der Waals surface area contributed by atoms with Gasteiger partial charge in [-0.05, 0) is 44.4 Å². The number of aromatic amines is 1.